The third-order valence-corrected chi connectivity index (χ3v) is 5.25. The monoisotopic (exact) mass is 416 g/mol. The molecule has 8 heteroatoms. The molecule has 0 spiro atoms. The minimum atomic E-state index is -0.309. The van der Waals surface area contributed by atoms with Crippen molar-refractivity contribution < 1.29 is 4.39 Å². The van der Waals surface area contributed by atoms with Gasteiger partial charge in [0.2, 0.25) is 0 Å². The zero-order valence-corrected chi connectivity index (χ0v) is 17.5. The Morgan fingerprint density at radius 1 is 0.897 bits per heavy atom. The van der Waals surface area contributed by atoms with E-state index >= 15 is 0 Å². The van der Waals surface area contributed by atoms with E-state index in [1.807, 2.05) is 32.0 Å². The van der Waals surface area contributed by atoms with Crippen LogP contribution in [0, 0.1) is 5.82 Å². The molecule has 2 aromatic carbocycles. The van der Waals surface area contributed by atoms with Crippen molar-refractivity contribution in [1.29, 1.82) is 0 Å². The maximum atomic E-state index is 14.7. The first-order chi connectivity index (χ1) is 13.6. The summed E-state index contributed by atoms with van der Waals surface area (Å²) in [7, 11) is 0. The molecule has 0 amide bonds. The van der Waals surface area contributed by atoms with Crippen LogP contribution in [0.4, 0.5) is 10.1 Å². The molecule has 1 unspecified atom stereocenters. The van der Waals surface area contributed by atoms with Gasteiger partial charge in [0.1, 0.15) is 11.9 Å². The van der Waals surface area contributed by atoms with E-state index in [1.54, 1.807) is 10.7 Å². The lowest BCUT2D eigenvalue weighted by molar-refractivity contribution is 0.195. The molecule has 154 valence electrons. The third kappa shape index (κ3) is 4.41. The highest BCUT2D eigenvalue weighted by Gasteiger charge is 2.32. The van der Waals surface area contributed by atoms with Crippen LogP contribution in [0.25, 0.3) is 0 Å². The fraction of sp³-hybridized carbons (Fsp3) is 0.381. The lowest BCUT2D eigenvalue weighted by Gasteiger charge is -2.40. The maximum absolute atomic E-state index is 14.7. The lowest BCUT2D eigenvalue weighted by atomic mass is 10.0. The normalized spacial score (nSPS) is 15.9. The molecule has 1 fully saturated rings. The highest BCUT2D eigenvalue weighted by molar-refractivity contribution is 5.85. The second-order valence-corrected chi connectivity index (χ2v) is 7.36. The number of tetrazole rings is 1. The van der Waals surface area contributed by atoms with Crippen LogP contribution in [0.2, 0.25) is 0 Å². The Kier molecular flexibility index (Phi) is 6.82. The number of nitrogens with zero attached hydrogens (tertiary/aromatic N) is 6. The van der Waals surface area contributed by atoms with Gasteiger partial charge in [-0.1, -0.05) is 36.4 Å². The molecule has 29 heavy (non-hydrogen) atoms. The molecule has 1 aromatic heterocycles. The molecule has 0 aliphatic carbocycles. The average molecular weight is 417 g/mol. The van der Waals surface area contributed by atoms with E-state index in [-0.39, 0.29) is 30.3 Å². The van der Waals surface area contributed by atoms with Crippen molar-refractivity contribution in [1.82, 2.24) is 25.1 Å². The van der Waals surface area contributed by atoms with Gasteiger partial charge in [0.25, 0.3) is 0 Å². The largest absolute Gasteiger partial charge is 0.369 e. The lowest BCUT2D eigenvalue weighted by Crippen LogP contribution is -2.48. The summed E-state index contributed by atoms with van der Waals surface area (Å²) in [5.74, 6) is 0.463. The van der Waals surface area contributed by atoms with Crippen LogP contribution < -0.4 is 4.90 Å². The molecule has 2 heterocycles. The Morgan fingerprint density at radius 3 is 2.21 bits per heavy atom. The van der Waals surface area contributed by atoms with Gasteiger partial charge in [-0.05, 0) is 42.5 Å². The van der Waals surface area contributed by atoms with Gasteiger partial charge in [0.15, 0.2) is 5.82 Å². The Bertz CT molecular complexity index is 908. The molecule has 0 radical (unpaired) electrons. The number of piperazine rings is 1. The smallest absolute Gasteiger partial charge is 0.173 e. The Morgan fingerprint density at radius 2 is 1.55 bits per heavy atom. The zero-order valence-electron chi connectivity index (χ0n) is 16.6. The maximum Gasteiger partial charge on any atom is 0.173 e. The summed E-state index contributed by atoms with van der Waals surface area (Å²) in [4.78, 5) is 4.64. The van der Waals surface area contributed by atoms with Crippen LogP contribution in [-0.4, -0.2) is 51.3 Å². The number of rotatable bonds is 5. The van der Waals surface area contributed by atoms with Gasteiger partial charge < -0.3 is 4.90 Å². The fourth-order valence-electron chi connectivity index (χ4n) is 3.82. The van der Waals surface area contributed by atoms with Crippen molar-refractivity contribution in [2.45, 2.75) is 25.9 Å². The molecular weight excluding hydrogens is 391 g/mol. The van der Waals surface area contributed by atoms with E-state index in [0.29, 0.717) is 11.4 Å². The highest BCUT2D eigenvalue weighted by Crippen LogP contribution is 2.31. The van der Waals surface area contributed by atoms with Crippen molar-refractivity contribution in [3.63, 3.8) is 0 Å². The van der Waals surface area contributed by atoms with Crippen molar-refractivity contribution in [3.05, 3.63) is 71.8 Å². The van der Waals surface area contributed by atoms with Crippen molar-refractivity contribution in [3.8, 4) is 0 Å². The van der Waals surface area contributed by atoms with E-state index in [2.05, 4.69) is 49.6 Å². The topological polar surface area (TPSA) is 50.1 Å². The number of para-hydroxylation sites is 1. The van der Waals surface area contributed by atoms with Gasteiger partial charge in [0, 0.05) is 37.4 Å². The predicted octanol–water partition coefficient (Wildman–Crippen LogP) is 3.73. The van der Waals surface area contributed by atoms with E-state index in [9.17, 15) is 4.39 Å². The van der Waals surface area contributed by atoms with Gasteiger partial charge >= 0.3 is 0 Å². The number of hydrogen-bond acceptors (Lipinski definition) is 5. The second kappa shape index (κ2) is 9.33. The zero-order chi connectivity index (χ0) is 19.5. The molecular formula is C21H26ClFN6. The van der Waals surface area contributed by atoms with Crippen molar-refractivity contribution >= 4 is 18.1 Å². The number of aromatic nitrogens is 4. The van der Waals surface area contributed by atoms with Gasteiger partial charge in [-0.25, -0.2) is 9.07 Å². The molecule has 3 aromatic rings. The van der Waals surface area contributed by atoms with Crippen molar-refractivity contribution in [2.24, 2.45) is 0 Å². The number of halogens is 2. The predicted molar refractivity (Wildman–Crippen MR) is 114 cm³/mol. The summed E-state index contributed by atoms with van der Waals surface area (Å²) in [5.41, 5.74) is 1.84. The summed E-state index contributed by atoms with van der Waals surface area (Å²) < 4.78 is 16.5. The molecule has 0 bridgehead atoms. The Hall–Kier alpha value is -2.51. The van der Waals surface area contributed by atoms with E-state index < -0.39 is 0 Å². The molecule has 1 saturated heterocycles. The van der Waals surface area contributed by atoms with Crippen LogP contribution >= 0.6 is 12.4 Å². The first-order valence-electron chi connectivity index (χ1n) is 9.71. The van der Waals surface area contributed by atoms with E-state index in [1.165, 1.54) is 11.8 Å². The molecule has 4 rings (SSSR count). The third-order valence-electron chi connectivity index (χ3n) is 5.25. The first-order valence-corrected chi connectivity index (χ1v) is 9.71. The van der Waals surface area contributed by atoms with Crippen LogP contribution in [0.15, 0.2) is 54.6 Å². The number of benzene rings is 2. The first kappa shape index (κ1) is 21.2. The van der Waals surface area contributed by atoms with Crippen LogP contribution in [0.1, 0.15) is 37.3 Å². The van der Waals surface area contributed by atoms with Crippen LogP contribution in [0.3, 0.4) is 0 Å². The van der Waals surface area contributed by atoms with Gasteiger partial charge in [-0.2, -0.15) is 0 Å². The van der Waals surface area contributed by atoms with Crippen LogP contribution in [-0.2, 0) is 0 Å². The van der Waals surface area contributed by atoms with Crippen molar-refractivity contribution in [2.75, 3.05) is 31.1 Å². The van der Waals surface area contributed by atoms with Gasteiger partial charge in [-0.15, -0.1) is 17.5 Å². The number of hydrogen-bond donors (Lipinski definition) is 0. The quantitative estimate of drug-likeness (QED) is 0.634. The summed E-state index contributed by atoms with van der Waals surface area (Å²) in [6.45, 7) is 7.42. The summed E-state index contributed by atoms with van der Waals surface area (Å²) in [6.07, 6.45) is 0. The summed E-state index contributed by atoms with van der Waals surface area (Å²) in [5, 5.41) is 12.3. The SMILES string of the molecule is CC(C)n1nnnc1C(c1ccccc1F)N1CCN(c2ccccc2)CC1.Cl. The van der Waals surface area contributed by atoms with E-state index in [4.69, 9.17) is 0 Å². The second-order valence-electron chi connectivity index (χ2n) is 7.36. The molecule has 1 atom stereocenters. The van der Waals surface area contributed by atoms with Gasteiger partial charge in [0.05, 0.1) is 6.04 Å². The van der Waals surface area contributed by atoms with Gasteiger partial charge in [-0.3, -0.25) is 4.90 Å². The molecule has 6 nitrogen and oxygen atoms in total. The minimum Gasteiger partial charge on any atom is -0.369 e. The average Bonchev–Trinajstić information content (AvgIpc) is 3.21. The Labute approximate surface area is 176 Å². The highest BCUT2D eigenvalue weighted by atomic mass is 35.5. The fourth-order valence-corrected chi connectivity index (χ4v) is 3.82. The summed E-state index contributed by atoms with van der Waals surface area (Å²) in [6, 6.07) is 17.1. The number of anilines is 1. The molecule has 0 N–H and O–H groups in total. The molecule has 0 saturated carbocycles. The molecule has 1 aliphatic heterocycles. The Balaban J connectivity index is 0.00000240. The standard InChI is InChI=1S/C21H25FN6.ClH/c1-16(2)28-21(23-24-25-28)20(18-10-6-7-11-19(18)22)27-14-12-26(13-15-27)17-8-4-3-5-9-17;/h3-11,16,20H,12-15H2,1-2H3;1H. The molecule has 1 aliphatic rings. The minimum absolute atomic E-state index is 0. The summed E-state index contributed by atoms with van der Waals surface area (Å²) >= 11 is 0. The van der Waals surface area contributed by atoms with Crippen LogP contribution in [0.5, 0.6) is 0 Å². The van der Waals surface area contributed by atoms with E-state index in [0.717, 1.165) is 26.2 Å².